The Morgan fingerprint density at radius 2 is 1.83 bits per heavy atom. The molecule has 132 valence electrons. The summed E-state index contributed by atoms with van der Waals surface area (Å²) in [4.78, 5) is 35.4. The number of carbonyl (C=O) groups is 3. The second-order valence-corrected chi connectivity index (χ2v) is 5.82. The summed E-state index contributed by atoms with van der Waals surface area (Å²) in [5, 5.41) is 5.05. The second kappa shape index (κ2) is 9.00. The van der Waals surface area contributed by atoms with Gasteiger partial charge in [0.25, 0.3) is 0 Å². The fraction of sp³-hybridized carbons (Fsp3) is 0.471. The topological polar surface area (TPSA) is 101 Å². The van der Waals surface area contributed by atoms with Crippen molar-refractivity contribution in [3.05, 3.63) is 35.6 Å². The van der Waals surface area contributed by atoms with Crippen LogP contribution >= 0.6 is 0 Å². The molecule has 0 heterocycles. The summed E-state index contributed by atoms with van der Waals surface area (Å²) in [5.41, 5.74) is 5.64. The number of carbonyl (C=O) groups excluding carboxylic acids is 3. The normalized spacial score (nSPS) is 14.3. The Morgan fingerprint density at radius 3 is 2.33 bits per heavy atom. The molecular formula is C17H24FN3O3. The summed E-state index contributed by atoms with van der Waals surface area (Å²) >= 11 is 0. The lowest BCUT2D eigenvalue weighted by Crippen LogP contribution is -2.55. The zero-order chi connectivity index (χ0) is 18.3. The molecule has 0 aliphatic heterocycles. The Labute approximate surface area is 141 Å². The zero-order valence-electron chi connectivity index (χ0n) is 14.1. The summed E-state index contributed by atoms with van der Waals surface area (Å²) in [6.45, 7) is 4.93. The first-order chi connectivity index (χ1) is 11.3. The number of primary amides is 1. The number of amides is 3. The molecule has 0 saturated carbocycles. The first-order valence-corrected chi connectivity index (χ1v) is 7.86. The van der Waals surface area contributed by atoms with Crippen molar-refractivity contribution in [3.63, 3.8) is 0 Å². The SMILES string of the molecule is CC[C@@H](C)[C@@H](NC(=O)[C@H](Cc1ccccc1F)NC(C)=O)C(N)=O. The van der Waals surface area contributed by atoms with E-state index in [1.165, 1.54) is 19.1 Å². The van der Waals surface area contributed by atoms with Crippen molar-refractivity contribution in [2.45, 2.75) is 45.7 Å². The summed E-state index contributed by atoms with van der Waals surface area (Å²) in [7, 11) is 0. The highest BCUT2D eigenvalue weighted by molar-refractivity contribution is 5.91. The molecule has 0 bridgehead atoms. The monoisotopic (exact) mass is 337 g/mol. The number of rotatable bonds is 8. The smallest absolute Gasteiger partial charge is 0.243 e. The molecule has 6 nitrogen and oxygen atoms in total. The molecule has 1 aromatic rings. The number of hydrogen-bond acceptors (Lipinski definition) is 3. The lowest BCUT2D eigenvalue weighted by Gasteiger charge is -2.25. The first kappa shape index (κ1) is 19.6. The molecule has 1 aromatic carbocycles. The number of nitrogens with one attached hydrogen (secondary N) is 2. The summed E-state index contributed by atoms with van der Waals surface area (Å²) in [6, 6.07) is 4.16. The Bertz CT molecular complexity index is 606. The van der Waals surface area contributed by atoms with E-state index >= 15 is 0 Å². The van der Waals surface area contributed by atoms with Gasteiger partial charge < -0.3 is 16.4 Å². The van der Waals surface area contributed by atoms with Crippen LogP contribution in [0.3, 0.4) is 0 Å². The molecular weight excluding hydrogens is 313 g/mol. The van der Waals surface area contributed by atoms with Crippen LogP contribution in [-0.2, 0) is 20.8 Å². The van der Waals surface area contributed by atoms with Crippen molar-refractivity contribution in [3.8, 4) is 0 Å². The van der Waals surface area contributed by atoms with E-state index in [-0.39, 0.29) is 12.3 Å². The zero-order valence-corrected chi connectivity index (χ0v) is 14.1. The number of benzene rings is 1. The highest BCUT2D eigenvalue weighted by Gasteiger charge is 2.28. The van der Waals surface area contributed by atoms with E-state index in [0.717, 1.165) is 0 Å². The van der Waals surface area contributed by atoms with Gasteiger partial charge in [-0.25, -0.2) is 4.39 Å². The molecule has 0 aliphatic rings. The van der Waals surface area contributed by atoms with Gasteiger partial charge >= 0.3 is 0 Å². The highest BCUT2D eigenvalue weighted by Crippen LogP contribution is 2.11. The maximum Gasteiger partial charge on any atom is 0.243 e. The van der Waals surface area contributed by atoms with Gasteiger partial charge in [0.15, 0.2) is 0 Å². The van der Waals surface area contributed by atoms with Crippen LogP contribution in [0.25, 0.3) is 0 Å². The average molecular weight is 337 g/mol. The molecule has 0 saturated heterocycles. The lowest BCUT2D eigenvalue weighted by molar-refractivity contribution is -0.131. The van der Waals surface area contributed by atoms with Gasteiger partial charge in [-0.05, 0) is 17.5 Å². The van der Waals surface area contributed by atoms with Crippen molar-refractivity contribution in [2.24, 2.45) is 11.7 Å². The standard InChI is InChI=1S/C17H24FN3O3/c1-4-10(2)15(16(19)23)21-17(24)14(20-11(3)22)9-12-7-5-6-8-13(12)18/h5-8,10,14-15H,4,9H2,1-3H3,(H2,19,23)(H,20,22)(H,21,24)/t10-,14+,15-/m1/s1. The van der Waals surface area contributed by atoms with Crippen molar-refractivity contribution in [2.75, 3.05) is 0 Å². The van der Waals surface area contributed by atoms with E-state index in [2.05, 4.69) is 10.6 Å². The van der Waals surface area contributed by atoms with Crippen LogP contribution in [0.1, 0.15) is 32.8 Å². The minimum atomic E-state index is -0.995. The van der Waals surface area contributed by atoms with E-state index in [4.69, 9.17) is 5.73 Å². The van der Waals surface area contributed by atoms with Crippen molar-refractivity contribution < 1.29 is 18.8 Å². The summed E-state index contributed by atoms with van der Waals surface area (Å²) in [5.74, 6) is -2.26. The molecule has 0 radical (unpaired) electrons. The highest BCUT2D eigenvalue weighted by atomic mass is 19.1. The van der Waals surface area contributed by atoms with Gasteiger partial charge in [0.1, 0.15) is 17.9 Å². The summed E-state index contributed by atoms with van der Waals surface area (Å²) < 4.78 is 13.8. The van der Waals surface area contributed by atoms with Gasteiger partial charge in [0, 0.05) is 13.3 Å². The predicted octanol–water partition coefficient (Wildman–Crippen LogP) is 0.889. The van der Waals surface area contributed by atoms with Crippen LogP contribution in [0.15, 0.2) is 24.3 Å². The van der Waals surface area contributed by atoms with Gasteiger partial charge in [0.2, 0.25) is 17.7 Å². The van der Waals surface area contributed by atoms with E-state index < -0.39 is 35.6 Å². The molecule has 3 amide bonds. The largest absolute Gasteiger partial charge is 0.368 e. The molecule has 0 aliphatic carbocycles. The number of hydrogen-bond donors (Lipinski definition) is 3. The van der Waals surface area contributed by atoms with Crippen LogP contribution in [0, 0.1) is 11.7 Å². The van der Waals surface area contributed by atoms with Gasteiger partial charge in [-0.15, -0.1) is 0 Å². The summed E-state index contributed by atoms with van der Waals surface area (Å²) in [6.07, 6.45) is 0.621. The predicted molar refractivity (Wildman–Crippen MR) is 88.3 cm³/mol. The van der Waals surface area contributed by atoms with E-state index in [1.54, 1.807) is 19.1 Å². The minimum Gasteiger partial charge on any atom is -0.368 e. The van der Waals surface area contributed by atoms with E-state index in [9.17, 15) is 18.8 Å². The average Bonchev–Trinajstić information content (AvgIpc) is 2.52. The van der Waals surface area contributed by atoms with Crippen molar-refractivity contribution in [1.82, 2.24) is 10.6 Å². The Hall–Kier alpha value is -2.44. The third kappa shape index (κ3) is 5.64. The van der Waals surface area contributed by atoms with Crippen LogP contribution < -0.4 is 16.4 Å². The molecule has 24 heavy (non-hydrogen) atoms. The Balaban J connectivity index is 2.94. The fourth-order valence-electron chi connectivity index (χ4n) is 2.32. The number of halogens is 1. The molecule has 0 fully saturated rings. The van der Waals surface area contributed by atoms with Gasteiger partial charge in [-0.3, -0.25) is 14.4 Å². The Morgan fingerprint density at radius 1 is 1.21 bits per heavy atom. The molecule has 0 aromatic heterocycles. The quantitative estimate of drug-likeness (QED) is 0.656. The second-order valence-electron chi connectivity index (χ2n) is 5.82. The molecule has 0 spiro atoms. The minimum absolute atomic E-state index is 0.0237. The van der Waals surface area contributed by atoms with Gasteiger partial charge in [-0.2, -0.15) is 0 Å². The van der Waals surface area contributed by atoms with Crippen LogP contribution in [0.2, 0.25) is 0 Å². The lowest BCUT2D eigenvalue weighted by atomic mass is 9.97. The van der Waals surface area contributed by atoms with Crippen LogP contribution in [0.4, 0.5) is 4.39 Å². The maximum absolute atomic E-state index is 13.8. The first-order valence-electron chi connectivity index (χ1n) is 7.86. The molecule has 0 unspecified atom stereocenters. The molecule has 1 rings (SSSR count). The van der Waals surface area contributed by atoms with Crippen LogP contribution in [-0.4, -0.2) is 29.8 Å². The Kier molecular flexibility index (Phi) is 7.35. The van der Waals surface area contributed by atoms with E-state index in [0.29, 0.717) is 12.0 Å². The number of nitrogens with two attached hydrogens (primary N) is 1. The van der Waals surface area contributed by atoms with E-state index in [1.807, 2.05) is 6.92 Å². The molecule has 7 heteroatoms. The fourth-order valence-corrected chi connectivity index (χ4v) is 2.32. The van der Waals surface area contributed by atoms with Crippen LogP contribution in [0.5, 0.6) is 0 Å². The van der Waals surface area contributed by atoms with Gasteiger partial charge in [0.05, 0.1) is 0 Å². The van der Waals surface area contributed by atoms with Gasteiger partial charge in [-0.1, -0.05) is 38.5 Å². The molecule has 4 N–H and O–H groups in total. The van der Waals surface area contributed by atoms with Crippen molar-refractivity contribution in [1.29, 1.82) is 0 Å². The third-order valence-electron chi connectivity index (χ3n) is 3.89. The third-order valence-corrected chi connectivity index (χ3v) is 3.89. The molecule has 3 atom stereocenters. The van der Waals surface area contributed by atoms with Crippen molar-refractivity contribution >= 4 is 17.7 Å². The maximum atomic E-state index is 13.8.